The van der Waals surface area contributed by atoms with Crippen LogP contribution in [0.1, 0.15) is 51.7 Å². The Morgan fingerprint density at radius 2 is 2.11 bits per heavy atom. The second-order valence-electron chi connectivity index (χ2n) is 5.52. The summed E-state index contributed by atoms with van der Waals surface area (Å²) in [5.74, 6) is 1.40. The summed E-state index contributed by atoms with van der Waals surface area (Å²) in [7, 11) is 1.69. The third-order valence-electron chi connectivity index (χ3n) is 4.25. The van der Waals surface area contributed by atoms with Gasteiger partial charge in [-0.25, -0.2) is 0 Å². The molecule has 2 heterocycles. The Kier molecular flexibility index (Phi) is 3.73. The molecule has 1 fully saturated rings. The van der Waals surface area contributed by atoms with Gasteiger partial charge in [0.05, 0.1) is 0 Å². The molecule has 0 radical (unpaired) electrons. The molecule has 1 N–H and O–H groups in total. The molecule has 1 aromatic heterocycles. The maximum Gasteiger partial charge on any atom is 0.232 e. The lowest BCUT2D eigenvalue weighted by atomic mass is 9.81. The molecule has 5 heteroatoms. The summed E-state index contributed by atoms with van der Waals surface area (Å²) in [5, 5.41) is 7.47. The van der Waals surface area contributed by atoms with Crippen molar-refractivity contribution in [2.45, 2.75) is 51.0 Å². The highest BCUT2D eigenvalue weighted by atomic mass is 16.5. The molecular weight excluding hydrogens is 230 g/mol. The molecule has 102 valence electrons. The zero-order valence-electron chi connectivity index (χ0n) is 11.7. The zero-order chi connectivity index (χ0) is 13.2. The molecule has 1 saturated heterocycles. The number of nitrogens with one attached hydrogen (secondary N) is 1. The highest BCUT2D eigenvalue weighted by molar-refractivity contribution is 5.08. The van der Waals surface area contributed by atoms with Crippen LogP contribution in [-0.2, 0) is 15.8 Å². The lowest BCUT2D eigenvalue weighted by molar-refractivity contribution is -0.0106. The number of nitrogens with zero attached hydrogens (tertiary/aromatic N) is 2. The first kappa shape index (κ1) is 13.5. The number of hydrogen-bond acceptors (Lipinski definition) is 5. The Hall–Kier alpha value is -0.940. The Morgan fingerprint density at radius 3 is 2.67 bits per heavy atom. The summed E-state index contributed by atoms with van der Waals surface area (Å²) < 4.78 is 11.0. The van der Waals surface area contributed by atoms with Crippen LogP contribution >= 0.6 is 0 Å². The van der Waals surface area contributed by atoms with Crippen LogP contribution in [-0.4, -0.2) is 30.3 Å². The van der Waals surface area contributed by atoms with Gasteiger partial charge >= 0.3 is 0 Å². The number of methoxy groups -OCH3 is 1. The fraction of sp³-hybridized carbons (Fsp3) is 0.846. The molecule has 0 aliphatic carbocycles. The van der Waals surface area contributed by atoms with Gasteiger partial charge in [-0.1, -0.05) is 19.0 Å². The van der Waals surface area contributed by atoms with E-state index in [-0.39, 0.29) is 5.41 Å². The molecule has 1 aromatic rings. The zero-order valence-corrected chi connectivity index (χ0v) is 11.7. The van der Waals surface area contributed by atoms with Gasteiger partial charge < -0.3 is 14.6 Å². The van der Waals surface area contributed by atoms with Gasteiger partial charge in [-0.2, -0.15) is 4.98 Å². The summed E-state index contributed by atoms with van der Waals surface area (Å²) in [6.45, 7) is 8.26. The summed E-state index contributed by atoms with van der Waals surface area (Å²) in [6, 6.07) is 0. The predicted octanol–water partition coefficient (Wildman–Crippen LogP) is 1.98. The van der Waals surface area contributed by atoms with Crippen LogP contribution in [0, 0.1) is 0 Å². The van der Waals surface area contributed by atoms with E-state index in [1.54, 1.807) is 7.11 Å². The highest BCUT2D eigenvalue weighted by Crippen LogP contribution is 2.34. The highest BCUT2D eigenvalue weighted by Gasteiger charge is 2.37. The van der Waals surface area contributed by atoms with Crippen LogP contribution < -0.4 is 5.32 Å². The summed E-state index contributed by atoms with van der Waals surface area (Å²) in [6.07, 6.45) is 2.88. The first-order valence-corrected chi connectivity index (χ1v) is 6.64. The standard InChI is InChI=1S/C13H23N3O2/c1-5-13(3,17-4)10-15-11(18-16-10)12(2)6-8-14-9-7-12/h14H,5-9H2,1-4H3. The fourth-order valence-corrected chi connectivity index (χ4v) is 2.27. The van der Waals surface area contributed by atoms with Crippen molar-refractivity contribution in [2.75, 3.05) is 20.2 Å². The van der Waals surface area contributed by atoms with E-state index < -0.39 is 5.60 Å². The number of hydrogen-bond donors (Lipinski definition) is 1. The van der Waals surface area contributed by atoms with Crippen LogP contribution in [0.3, 0.4) is 0 Å². The molecule has 1 aliphatic heterocycles. The van der Waals surface area contributed by atoms with Gasteiger partial charge in [0, 0.05) is 12.5 Å². The third kappa shape index (κ3) is 2.29. The van der Waals surface area contributed by atoms with E-state index >= 15 is 0 Å². The predicted molar refractivity (Wildman–Crippen MR) is 68.4 cm³/mol. The van der Waals surface area contributed by atoms with E-state index in [1.165, 1.54) is 0 Å². The second kappa shape index (κ2) is 4.97. The Balaban J connectivity index is 2.24. The molecule has 0 saturated carbocycles. The minimum atomic E-state index is -0.453. The summed E-state index contributed by atoms with van der Waals surface area (Å²) in [4.78, 5) is 4.59. The minimum absolute atomic E-state index is 0.00110. The average molecular weight is 253 g/mol. The Labute approximate surface area is 108 Å². The molecule has 1 aliphatic rings. The SMILES string of the molecule is CCC(C)(OC)c1noc(C2(C)CCNCC2)n1. The minimum Gasteiger partial charge on any atom is -0.370 e. The second-order valence-corrected chi connectivity index (χ2v) is 5.52. The van der Waals surface area contributed by atoms with Crippen molar-refractivity contribution in [2.24, 2.45) is 0 Å². The van der Waals surface area contributed by atoms with E-state index in [2.05, 4.69) is 29.3 Å². The lowest BCUT2D eigenvalue weighted by Crippen LogP contribution is -2.38. The van der Waals surface area contributed by atoms with Gasteiger partial charge in [-0.05, 0) is 39.3 Å². The van der Waals surface area contributed by atoms with Gasteiger partial charge in [-0.15, -0.1) is 0 Å². The Morgan fingerprint density at radius 1 is 1.44 bits per heavy atom. The normalized spacial score (nSPS) is 22.7. The van der Waals surface area contributed by atoms with E-state index in [0.717, 1.165) is 38.2 Å². The van der Waals surface area contributed by atoms with E-state index in [0.29, 0.717) is 5.82 Å². The first-order chi connectivity index (χ1) is 8.54. The molecule has 0 aromatic carbocycles. The molecule has 5 nitrogen and oxygen atoms in total. The molecule has 0 amide bonds. The van der Waals surface area contributed by atoms with Gasteiger partial charge in [-0.3, -0.25) is 0 Å². The monoisotopic (exact) mass is 253 g/mol. The molecule has 0 bridgehead atoms. The van der Waals surface area contributed by atoms with Crippen LogP contribution in [0.2, 0.25) is 0 Å². The van der Waals surface area contributed by atoms with Gasteiger partial charge in [0.2, 0.25) is 11.7 Å². The molecule has 0 spiro atoms. The first-order valence-electron chi connectivity index (χ1n) is 6.64. The largest absolute Gasteiger partial charge is 0.370 e. The maximum absolute atomic E-state index is 5.51. The molecule has 2 rings (SSSR count). The van der Waals surface area contributed by atoms with E-state index in [9.17, 15) is 0 Å². The molecule has 1 atom stereocenters. The van der Waals surface area contributed by atoms with Gasteiger partial charge in [0.15, 0.2) is 0 Å². The van der Waals surface area contributed by atoms with E-state index in [4.69, 9.17) is 9.26 Å². The number of piperidine rings is 1. The quantitative estimate of drug-likeness (QED) is 0.889. The van der Waals surface area contributed by atoms with Crippen LogP contribution in [0.4, 0.5) is 0 Å². The van der Waals surface area contributed by atoms with Gasteiger partial charge in [0.1, 0.15) is 5.60 Å². The van der Waals surface area contributed by atoms with Crippen molar-refractivity contribution in [1.82, 2.24) is 15.5 Å². The van der Waals surface area contributed by atoms with Crippen LogP contribution in [0.25, 0.3) is 0 Å². The summed E-state index contributed by atoms with van der Waals surface area (Å²) >= 11 is 0. The number of rotatable bonds is 4. The van der Waals surface area contributed by atoms with Crippen molar-refractivity contribution in [3.63, 3.8) is 0 Å². The molecular formula is C13H23N3O2. The molecule has 1 unspecified atom stereocenters. The smallest absolute Gasteiger partial charge is 0.232 e. The van der Waals surface area contributed by atoms with Crippen molar-refractivity contribution in [3.8, 4) is 0 Å². The summed E-state index contributed by atoms with van der Waals surface area (Å²) in [5.41, 5.74) is -0.454. The van der Waals surface area contributed by atoms with Crippen LogP contribution in [0.15, 0.2) is 4.52 Å². The Bertz CT molecular complexity index is 393. The van der Waals surface area contributed by atoms with Crippen molar-refractivity contribution in [1.29, 1.82) is 0 Å². The molecule has 18 heavy (non-hydrogen) atoms. The van der Waals surface area contributed by atoms with Crippen molar-refractivity contribution >= 4 is 0 Å². The number of aromatic nitrogens is 2. The van der Waals surface area contributed by atoms with E-state index in [1.807, 2.05) is 6.92 Å². The fourth-order valence-electron chi connectivity index (χ4n) is 2.27. The number of ether oxygens (including phenoxy) is 1. The van der Waals surface area contributed by atoms with Gasteiger partial charge in [0.25, 0.3) is 0 Å². The average Bonchev–Trinajstić information content (AvgIpc) is 2.89. The van der Waals surface area contributed by atoms with Crippen molar-refractivity contribution in [3.05, 3.63) is 11.7 Å². The topological polar surface area (TPSA) is 60.2 Å². The maximum atomic E-state index is 5.51. The van der Waals surface area contributed by atoms with Crippen molar-refractivity contribution < 1.29 is 9.26 Å². The lowest BCUT2D eigenvalue weighted by Gasteiger charge is -2.30. The third-order valence-corrected chi connectivity index (χ3v) is 4.25. The van der Waals surface area contributed by atoms with Crippen LogP contribution in [0.5, 0.6) is 0 Å².